The number of imidazole rings is 1. The van der Waals surface area contributed by atoms with E-state index in [1.165, 1.54) is 28.8 Å². The van der Waals surface area contributed by atoms with Crippen LogP contribution in [0, 0.1) is 20.8 Å². The number of rotatable bonds is 4. The summed E-state index contributed by atoms with van der Waals surface area (Å²) in [5, 5.41) is 3.10. The lowest BCUT2D eigenvalue weighted by atomic mass is 10.00. The first-order valence-electron chi connectivity index (χ1n) is 9.48. The molecule has 0 atom stereocenters. The molecule has 2 aromatic carbocycles. The molecule has 0 radical (unpaired) electrons. The summed E-state index contributed by atoms with van der Waals surface area (Å²) >= 11 is 0. The van der Waals surface area contributed by atoms with Crippen LogP contribution in [0.1, 0.15) is 33.9 Å². The third-order valence-corrected chi connectivity index (χ3v) is 5.04. The topological polar surface area (TPSA) is 67.7 Å². The van der Waals surface area contributed by atoms with Crippen molar-refractivity contribution in [2.24, 2.45) is 0 Å². The molecule has 4 aromatic rings. The van der Waals surface area contributed by atoms with E-state index in [4.69, 9.17) is 0 Å². The van der Waals surface area contributed by atoms with Gasteiger partial charge in [0.05, 0.1) is 12.0 Å². The van der Waals surface area contributed by atoms with Crippen LogP contribution < -0.4 is 10.3 Å². The summed E-state index contributed by atoms with van der Waals surface area (Å²) in [7, 11) is 0. The van der Waals surface area contributed by atoms with Crippen molar-refractivity contribution in [2.45, 2.75) is 33.4 Å². The second-order valence-electron chi connectivity index (χ2n) is 7.32. The lowest BCUT2D eigenvalue weighted by Crippen LogP contribution is -2.11. The Balaban J connectivity index is 1.67. The van der Waals surface area contributed by atoms with E-state index in [2.05, 4.69) is 51.2 Å². The molecule has 0 saturated heterocycles. The monoisotopic (exact) mass is 412 g/mol. The Labute approximate surface area is 171 Å². The first-order chi connectivity index (χ1) is 14.2. The SMILES string of the molecule is Cc1nc(Nc2ccc(C(F)(F)F)cc2)c2[nH]c(Cc3c(C)cccc3C)[nH+]c2n1. The van der Waals surface area contributed by atoms with Gasteiger partial charge in [0.25, 0.3) is 0 Å². The number of benzene rings is 2. The molecular weight excluding hydrogens is 391 g/mol. The first-order valence-corrected chi connectivity index (χ1v) is 9.48. The van der Waals surface area contributed by atoms with Crippen LogP contribution in [0.25, 0.3) is 11.2 Å². The molecule has 0 aliphatic heterocycles. The van der Waals surface area contributed by atoms with Gasteiger partial charge in [0, 0.05) is 12.6 Å². The maximum Gasteiger partial charge on any atom is 0.416 e. The standard InChI is InChI=1S/C22H20F3N5/c1-12-5-4-6-13(2)17(12)11-18-29-19-20(26-14(3)27-21(19)30-18)28-16-9-7-15(8-10-16)22(23,24)25/h4-10H,11H2,1-3H3,(H2,26,27,28,29,30)/p+1. The van der Waals surface area contributed by atoms with Gasteiger partial charge < -0.3 is 5.32 Å². The van der Waals surface area contributed by atoms with Gasteiger partial charge in [-0.3, -0.25) is 4.98 Å². The van der Waals surface area contributed by atoms with Crippen LogP contribution in [0.3, 0.4) is 0 Å². The van der Waals surface area contributed by atoms with Gasteiger partial charge >= 0.3 is 11.8 Å². The highest BCUT2D eigenvalue weighted by Crippen LogP contribution is 2.30. The Bertz CT molecular complexity index is 1190. The van der Waals surface area contributed by atoms with Crippen LogP contribution >= 0.6 is 0 Å². The molecule has 154 valence electrons. The van der Waals surface area contributed by atoms with Crippen molar-refractivity contribution in [1.29, 1.82) is 0 Å². The van der Waals surface area contributed by atoms with Gasteiger partial charge in [0.15, 0.2) is 5.82 Å². The van der Waals surface area contributed by atoms with Crippen molar-refractivity contribution in [2.75, 3.05) is 5.32 Å². The second-order valence-corrected chi connectivity index (χ2v) is 7.32. The van der Waals surface area contributed by atoms with Gasteiger partial charge in [-0.2, -0.15) is 18.2 Å². The van der Waals surface area contributed by atoms with E-state index >= 15 is 0 Å². The third kappa shape index (κ3) is 3.98. The molecular formula is C22H21F3N5+. The van der Waals surface area contributed by atoms with Crippen molar-refractivity contribution in [1.82, 2.24) is 15.0 Å². The lowest BCUT2D eigenvalue weighted by Gasteiger charge is -2.09. The molecule has 30 heavy (non-hydrogen) atoms. The van der Waals surface area contributed by atoms with Crippen LogP contribution in [0.4, 0.5) is 24.7 Å². The van der Waals surface area contributed by atoms with E-state index in [-0.39, 0.29) is 0 Å². The Hall–Kier alpha value is -3.42. The van der Waals surface area contributed by atoms with Crippen molar-refractivity contribution in [3.63, 3.8) is 0 Å². The predicted octanol–water partition coefficient (Wildman–Crippen LogP) is 5.05. The molecule has 0 aliphatic carbocycles. The maximum atomic E-state index is 12.8. The van der Waals surface area contributed by atoms with Crippen molar-refractivity contribution in [3.05, 3.63) is 76.4 Å². The zero-order valence-corrected chi connectivity index (χ0v) is 16.8. The maximum absolute atomic E-state index is 12.8. The molecule has 2 heterocycles. The summed E-state index contributed by atoms with van der Waals surface area (Å²) in [5.41, 5.74) is 4.75. The fourth-order valence-electron chi connectivity index (χ4n) is 3.47. The van der Waals surface area contributed by atoms with Gasteiger partial charge in [-0.1, -0.05) is 23.2 Å². The van der Waals surface area contributed by atoms with E-state index in [9.17, 15) is 13.2 Å². The number of aromatic nitrogens is 4. The molecule has 0 saturated carbocycles. The molecule has 3 N–H and O–H groups in total. The van der Waals surface area contributed by atoms with E-state index in [0.717, 1.165) is 18.0 Å². The Morgan fingerprint density at radius 2 is 1.63 bits per heavy atom. The van der Waals surface area contributed by atoms with Gasteiger partial charge in [-0.25, -0.2) is 4.98 Å². The van der Waals surface area contributed by atoms with E-state index < -0.39 is 11.7 Å². The van der Waals surface area contributed by atoms with Crippen LogP contribution in [0.15, 0.2) is 42.5 Å². The Kier molecular flexibility index (Phi) is 4.93. The Morgan fingerprint density at radius 3 is 2.27 bits per heavy atom. The van der Waals surface area contributed by atoms with E-state index in [1.54, 1.807) is 6.92 Å². The number of anilines is 2. The van der Waals surface area contributed by atoms with Crippen molar-refractivity contribution < 1.29 is 18.2 Å². The number of fused-ring (bicyclic) bond motifs is 1. The highest BCUT2D eigenvalue weighted by atomic mass is 19.4. The summed E-state index contributed by atoms with van der Waals surface area (Å²) in [5.74, 6) is 1.92. The lowest BCUT2D eigenvalue weighted by molar-refractivity contribution is -0.359. The van der Waals surface area contributed by atoms with Crippen LogP contribution in [-0.2, 0) is 12.6 Å². The zero-order valence-electron chi connectivity index (χ0n) is 16.8. The van der Waals surface area contributed by atoms with Crippen LogP contribution in [0.5, 0.6) is 0 Å². The number of halogens is 3. The molecule has 0 bridgehead atoms. The Morgan fingerprint density at radius 1 is 0.967 bits per heavy atom. The molecule has 5 nitrogen and oxygen atoms in total. The zero-order chi connectivity index (χ0) is 21.5. The summed E-state index contributed by atoms with van der Waals surface area (Å²) in [6, 6.07) is 11.0. The third-order valence-electron chi connectivity index (χ3n) is 5.04. The summed E-state index contributed by atoms with van der Waals surface area (Å²) < 4.78 is 38.4. The average Bonchev–Trinajstić information content (AvgIpc) is 3.07. The normalized spacial score (nSPS) is 11.8. The minimum Gasteiger partial charge on any atom is -0.337 e. The number of nitrogens with one attached hydrogen (secondary N) is 3. The molecule has 0 aliphatic rings. The predicted molar refractivity (Wildman–Crippen MR) is 109 cm³/mol. The summed E-state index contributed by atoms with van der Waals surface area (Å²) in [6.07, 6.45) is -3.69. The molecule has 4 rings (SSSR count). The van der Waals surface area contributed by atoms with Crippen molar-refractivity contribution in [3.8, 4) is 0 Å². The first kappa shape index (κ1) is 19.9. The molecule has 2 aromatic heterocycles. The molecule has 0 unspecified atom stereocenters. The van der Waals surface area contributed by atoms with Crippen LogP contribution in [-0.4, -0.2) is 15.0 Å². The number of hydrogen-bond donors (Lipinski definition) is 2. The molecule has 0 spiro atoms. The fourth-order valence-corrected chi connectivity index (χ4v) is 3.47. The van der Waals surface area contributed by atoms with E-state index in [1.807, 2.05) is 6.07 Å². The smallest absolute Gasteiger partial charge is 0.337 e. The van der Waals surface area contributed by atoms with Gasteiger partial charge in [-0.05, 0) is 54.8 Å². The molecule has 8 heteroatoms. The van der Waals surface area contributed by atoms with Crippen LogP contribution in [0.2, 0.25) is 0 Å². The molecule has 0 amide bonds. The average molecular weight is 412 g/mol. The number of H-pyrrole nitrogens is 2. The number of nitrogens with zero attached hydrogens (tertiary/aromatic N) is 2. The quantitative estimate of drug-likeness (QED) is 0.493. The summed E-state index contributed by atoms with van der Waals surface area (Å²) in [6.45, 7) is 5.92. The van der Waals surface area contributed by atoms with Gasteiger partial charge in [0.2, 0.25) is 17.2 Å². The fraction of sp³-hybridized carbons (Fsp3) is 0.227. The minimum absolute atomic E-state index is 0.501. The van der Waals surface area contributed by atoms with E-state index in [0.29, 0.717) is 34.9 Å². The highest BCUT2D eigenvalue weighted by molar-refractivity contribution is 5.83. The number of aromatic amines is 2. The summed E-state index contributed by atoms with van der Waals surface area (Å²) in [4.78, 5) is 15.5. The van der Waals surface area contributed by atoms with Crippen molar-refractivity contribution >= 4 is 22.7 Å². The largest absolute Gasteiger partial charge is 0.416 e. The minimum atomic E-state index is -4.37. The molecule has 0 fully saturated rings. The number of aryl methyl sites for hydroxylation is 3. The van der Waals surface area contributed by atoms with Gasteiger partial charge in [-0.15, -0.1) is 0 Å². The number of hydrogen-bond acceptors (Lipinski definition) is 3. The van der Waals surface area contributed by atoms with Gasteiger partial charge in [0.1, 0.15) is 0 Å². The number of alkyl halides is 3. The second kappa shape index (κ2) is 7.44. The highest BCUT2D eigenvalue weighted by Gasteiger charge is 2.30.